The van der Waals surface area contributed by atoms with Crippen LogP contribution in [0.3, 0.4) is 0 Å². The van der Waals surface area contributed by atoms with Crippen LogP contribution in [0.1, 0.15) is 47.0 Å². The second-order valence-electron chi connectivity index (χ2n) is 10.8. The van der Waals surface area contributed by atoms with E-state index in [2.05, 4.69) is 17.0 Å². The molecule has 3 fully saturated rings. The molecule has 0 N–H and O–H groups in total. The number of carbonyl (C=O) groups is 3. The first-order valence-corrected chi connectivity index (χ1v) is 12.4. The topological polar surface area (TPSA) is 79.4 Å². The Labute approximate surface area is 202 Å². The van der Waals surface area contributed by atoms with Crippen molar-refractivity contribution < 1.29 is 23.9 Å². The van der Waals surface area contributed by atoms with Crippen molar-refractivity contribution in [3.63, 3.8) is 0 Å². The first kappa shape index (κ1) is 24.4. The summed E-state index contributed by atoms with van der Waals surface area (Å²) >= 11 is 0. The summed E-state index contributed by atoms with van der Waals surface area (Å²) in [6.45, 7) is 10.4. The van der Waals surface area contributed by atoms with E-state index in [1.165, 1.54) is 4.90 Å². The highest BCUT2D eigenvalue weighted by Crippen LogP contribution is 2.55. The molecule has 0 unspecified atom stereocenters. The summed E-state index contributed by atoms with van der Waals surface area (Å²) in [6, 6.07) is 9.23. The fourth-order valence-corrected chi connectivity index (χ4v) is 5.15. The molecule has 4 rings (SSSR count). The lowest BCUT2D eigenvalue weighted by Crippen LogP contribution is -2.63. The van der Waals surface area contributed by atoms with Crippen LogP contribution in [0.2, 0.25) is 0 Å². The van der Waals surface area contributed by atoms with Crippen LogP contribution in [-0.4, -0.2) is 78.7 Å². The van der Waals surface area contributed by atoms with Crippen LogP contribution in [0.25, 0.3) is 0 Å². The molecule has 0 aromatic heterocycles. The van der Waals surface area contributed by atoms with Crippen molar-refractivity contribution in [2.24, 2.45) is 11.3 Å². The van der Waals surface area contributed by atoms with Gasteiger partial charge in [-0.05, 0) is 64.5 Å². The van der Waals surface area contributed by atoms with Crippen molar-refractivity contribution in [2.45, 2.75) is 58.6 Å². The van der Waals surface area contributed by atoms with Crippen LogP contribution in [0, 0.1) is 11.3 Å². The summed E-state index contributed by atoms with van der Waals surface area (Å²) < 4.78 is 11.1. The molecule has 2 amide bonds. The van der Waals surface area contributed by atoms with Crippen molar-refractivity contribution in [1.82, 2.24) is 9.80 Å². The molecule has 1 aromatic rings. The minimum absolute atomic E-state index is 0.114. The van der Waals surface area contributed by atoms with Gasteiger partial charge in [-0.1, -0.05) is 18.2 Å². The highest BCUT2D eigenvalue weighted by molar-refractivity contribution is 5.92. The molecule has 186 valence electrons. The number of carbonyl (C=O) groups excluding carboxylic acids is 3. The van der Waals surface area contributed by atoms with Gasteiger partial charge in [-0.3, -0.25) is 14.5 Å². The zero-order valence-electron chi connectivity index (χ0n) is 20.8. The number of ether oxygens (including phenoxy) is 2. The highest BCUT2D eigenvalue weighted by Gasteiger charge is 2.58. The van der Waals surface area contributed by atoms with E-state index in [0.717, 1.165) is 18.5 Å². The zero-order chi connectivity index (χ0) is 24.5. The Bertz CT molecular complexity index is 901. The van der Waals surface area contributed by atoms with Crippen molar-refractivity contribution in [2.75, 3.05) is 44.2 Å². The standard InChI is InChI=1S/C26H37N3O5/c1-5-33-24(32)29-18-26(11-12-26)17-20(23(31)34-25(2,3)4)21(29)22(30)28-15-13-27(14-16-28)19-9-7-6-8-10-19/h6-10,20-21H,5,11-18H2,1-4H3/t20-,21-/m0/s1. The lowest BCUT2D eigenvalue weighted by Gasteiger charge is -2.46. The number of amides is 2. The fourth-order valence-electron chi connectivity index (χ4n) is 5.15. The number of likely N-dealkylation sites (tertiary alicyclic amines) is 1. The van der Waals surface area contributed by atoms with Crippen molar-refractivity contribution >= 4 is 23.7 Å². The normalized spacial score (nSPS) is 24.1. The van der Waals surface area contributed by atoms with E-state index in [4.69, 9.17) is 9.47 Å². The van der Waals surface area contributed by atoms with Crippen LogP contribution in [-0.2, 0) is 19.1 Å². The smallest absolute Gasteiger partial charge is 0.410 e. The number of hydrogen-bond acceptors (Lipinski definition) is 6. The van der Waals surface area contributed by atoms with E-state index >= 15 is 0 Å². The number of rotatable bonds is 4. The van der Waals surface area contributed by atoms with Gasteiger partial charge in [0.15, 0.2) is 0 Å². The molecule has 1 aliphatic carbocycles. The number of benzene rings is 1. The molecule has 2 saturated heterocycles. The zero-order valence-corrected chi connectivity index (χ0v) is 20.8. The number of piperazine rings is 1. The van der Waals surface area contributed by atoms with Gasteiger partial charge in [0, 0.05) is 38.4 Å². The average Bonchev–Trinajstić information content (AvgIpc) is 3.56. The monoisotopic (exact) mass is 471 g/mol. The van der Waals surface area contributed by atoms with Gasteiger partial charge < -0.3 is 19.3 Å². The molecule has 34 heavy (non-hydrogen) atoms. The van der Waals surface area contributed by atoms with E-state index in [9.17, 15) is 14.4 Å². The molecular weight excluding hydrogens is 434 g/mol. The fraction of sp³-hybridized carbons (Fsp3) is 0.654. The second-order valence-corrected chi connectivity index (χ2v) is 10.8. The van der Waals surface area contributed by atoms with Gasteiger partial charge in [0.25, 0.3) is 0 Å². The Hall–Kier alpha value is -2.77. The van der Waals surface area contributed by atoms with Gasteiger partial charge in [0.2, 0.25) is 5.91 Å². The van der Waals surface area contributed by atoms with E-state index in [1.54, 1.807) is 11.8 Å². The number of piperidine rings is 1. The summed E-state index contributed by atoms with van der Waals surface area (Å²) in [7, 11) is 0. The third kappa shape index (κ3) is 5.31. The summed E-state index contributed by atoms with van der Waals surface area (Å²) in [5.41, 5.74) is 0.342. The van der Waals surface area contributed by atoms with E-state index in [1.807, 2.05) is 39.0 Å². The molecular formula is C26H37N3O5. The number of hydrogen-bond donors (Lipinski definition) is 0. The van der Waals surface area contributed by atoms with Gasteiger partial charge in [0.05, 0.1) is 12.5 Å². The van der Waals surface area contributed by atoms with Crippen LogP contribution in [0.5, 0.6) is 0 Å². The second kappa shape index (κ2) is 9.47. The molecule has 2 aliphatic heterocycles. The van der Waals surface area contributed by atoms with E-state index in [-0.39, 0.29) is 17.9 Å². The minimum atomic E-state index is -0.900. The number of anilines is 1. The SMILES string of the molecule is CCOC(=O)N1CC2(CC2)C[C@H](C(=O)OC(C)(C)C)[C@H]1C(=O)N1CCN(c2ccccc2)CC1. The average molecular weight is 472 g/mol. The van der Waals surface area contributed by atoms with Gasteiger partial charge in [0.1, 0.15) is 11.6 Å². The Morgan fingerprint density at radius 1 is 1.03 bits per heavy atom. The maximum absolute atomic E-state index is 13.9. The van der Waals surface area contributed by atoms with Gasteiger partial charge in [-0.25, -0.2) is 4.79 Å². The molecule has 8 heteroatoms. The summed E-state index contributed by atoms with van der Waals surface area (Å²) in [6.07, 6.45) is 1.93. The maximum Gasteiger partial charge on any atom is 0.410 e. The van der Waals surface area contributed by atoms with Crippen LogP contribution >= 0.6 is 0 Å². The van der Waals surface area contributed by atoms with E-state index < -0.39 is 29.6 Å². The molecule has 1 aromatic carbocycles. The summed E-state index contributed by atoms with van der Waals surface area (Å²) in [4.78, 5) is 45.7. The Balaban J connectivity index is 1.55. The predicted octanol–water partition coefficient (Wildman–Crippen LogP) is 3.30. The van der Waals surface area contributed by atoms with Crippen LogP contribution in [0.4, 0.5) is 10.5 Å². The Kier molecular flexibility index (Phi) is 6.78. The lowest BCUT2D eigenvalue weighted by molar-refractivity contribution is -0.169. The van der Waals surface area contributed by atoms with E-state index in [0.29, 0.717) is 39.1 Å². The first-order valence-electron chi connectivity index (χ1n) is 12.4. The minimum Gasteiger partial charge on any atom is -0.460 e. The Morgan fingerprint density at radius 3 is 2.24 bits per heavy atom. The number of para-hydroxylation sites is 1. The largest absolute Gasteiger partial charge is 0.460 e. The third-order valence-electron chi connectivity index (χ3n) is 7.01. The van der Waals surface area contributed by atoms with Crippen LogP contribution < -0.4 is 4.90 Å². The van der Waals surface area contributed by atoms with Crippen molar-refractivity contribution in [3.8, 4) is 0 Å². The highest BCUT2D eigenvalue weighted by atomic mass is 16.6. The number of esters is 1. The lowest BCUT2D eigenvalue weighted by atomic mass is 9.80. The predicted molar refractivity (Wildman–Crippen MR) is 128 cm³/mol. The van der Waals surface area contributed by atoms with Gasteiger partial charge in [-0.2, -0.15) is 0 Å². The first-order chi connectivity index (χ1) is 16.1. The summed E-state index contributed by atoms with van der Waals surface area (Å²) in [5.74, 6) is -1.29. The molecule has 2 atom stereocenters. The molecule has 0 bridgehead atoms. The van der Waals surface area contributed by atoms with Crippen LogP contribution in [0.15, 0.2) is 30.3 Å². The summed E-state index contributed by atoms with van der Waals surface area (Å²) in [5, 5.41) is 0. The third-order valence-corrected chi connectivity index (χ3v) is 7.01. The molecule has 8 nitrogen and oxygen atoms in total. The molecule has 0 radical (unpaired) electrons. The van der Waals surface area contributed by atoms with Gasteiger partial charge >= 0.3 is 12.1 Å². The molecule has 1 saturated carbocycles. The maximum atomic E-state index is 13.9. The number of nitrogens with zero attached hydrogens (tertiary/aromatic N) is 3. The van der Waals surface area contributed by atoms with Crippen molar-refractivity contribution in [1.29, 1.82) is 0 Å². The van der Waals surface area contributed by atoms with Crippen molar-refractivity contribution in [3.05, 3.63) is 30.3 Å². The van der Waals surface area contributed by atoms with Gasteiger partial charge in [-0.15, -0.1) is 0 Å². The molecule has 3 aliphatic rings. The quantitative estimate of drug-likeness (QED) is 0.627. The Morgan fingerprint density at radius 2 is 1.68 bits per heavy atom. The molecule has 2 heterocycles. The molecule has 1 spiro atoms.